The molecule has 6 nitrogen and oxygen atoms in total. The van der Waals surface area contributed by atoms with E-state index < -0.39 is 0 Å². The lowest BCUT2D eigenvalue weighted by Gasteiger charge is -2.26. The highest BCUT2D eigenvalue weighted by molar-refractivity contribution is 6.04. The predicted octanol–water partition coefficient (Wildman–Crippen LogP) is 2.90. The highest BCUT2D eigenvalue weighted by Crippen LogP contribution is 2.22. The number of hydrogen-bond acceptors (Lipinski definition) is 4. The second-order valence-corrected chi connectivity index (χ2v) is 6.84. The number of nitrogens with one attached hydrogen (secondary N) is 1. The zero-order valence-electron chi connectivity index (χ0n) is 15.2. The molecule has 2 aliphatic rings. The Bertz CT molecular complexity index is 812. The quantitative estimate of drug-likeness (QED) is 0.905. The number of carbonyl (C=O) groups is 2. The van der Waals surface area contributed by atoms with Crippen molar-refractivity contribution in [1.82, 2.24) is 0 Å². The highest BCUT2D eigenvalue weighted by Gasteiger charge is 2.20. The second-order valence-electron chi connectivity index (χ2n) is 6.84. The van der Waals surface area contributed by atoms with Gasteiger partial charge in [0.1, 0.15) is 6.61 Å². The maximum Gasteiger partial charge on any atom is 0.255 e. The molecule has 0 saturated carbocycles. The van der Waals surface area contributed by atoms with Gasteiger partial charge in [0.15, 0.2) is 0 Å². The van der Waals surface area contributed by atoms with E-state index in [2.05, 4.69) is 10.2 Å². The van der Waals surface area contributed by atoms with Crippen molar-refractivity contribution in [2.45, 2.75) is 12.8 Å². The van der Waals surface area contributed by atoms with Crippen LogP contribution < -0.4 is 15.1 Å². The molecule has 27 heavy (non-hydrogen) atoms. The molecule has 2 amide bonds. The Hall–Kier alpha value is -2.86. The summed E-state index contributed by atoms with van der Waals surface area (Å²) < 4.78 is 5.15. The number of ether oxygens (including phenoxy) is 1. The Morgan fingerprint density at radius 2 is 1.56 bits per heavy atom. The van der Waals surface area contributed by atoms with Crippen molar-refractivity contribution in [1.29, 1.82) is 0 Å². The minimum absolute atomic E-state index is 0.0453. The van der Waals surface area contributed by atoms with Crippen molar-refractivity contribution >= 4 is 28.9 Å². The lowest BCUT2D eigenvalue weighted by molar-refractivity contribution is -0.125. The second kappa shape index (κ2) is 7.80. The highest BCUT2D eigenvalue weighted by atomic mass is 16.5. The van der Waals surface area contributed by atoms with Crippen LogP contribution in [-0.4, -0.2) is 44.7 Å². The molecule has 2 aromatic rings. The molecule has 0 aliphatic carbocycles. The molecule has 0 radical (unpaired) electrons. The SMILES string of the molecule is O=C(Nc1ccc(N2CCOCC2=O)cc1)c1ccc(N2CCCC2)cc1. The van der Waals surface area contributed by atoms with E-state index in [0.717, 1.165) is 18.8 Å². The van der Waals surface area contributed by atoms with Crippen molar-refractivity contribution in [2.75, 3.05) is 48.0 Å². The monoisotopic (exact) mass is 365 g/mol. The third-order valence-corrected chi connectivity index (χ3v) is 5.02. The van der Waals surface area contributed by atoms with Crippen molar-refractivity contribution in [2.24, 2.45) is 0 Å². The molecule has 2 heterocycles. The first-order chi connectivity index (χ1) is 13.2. The molecule has 6 heteroatoms. The number of rotatable bonds is 4. The number of amides is 2. The first-order valence-corrected chi connectivity index (χ1v) is 9.35. The number of carbonyl (C=O) groups excluding carboxylic acids is 2. The molecule has 2 saturated heterocycles. The van der Waals surface area contributed by atoms with Gasteiger partial charge in [-0.1, -0.05) is 0 Å². The van der Waals surface area contributed by atoms with Crippen LogP contribution in [0.4, 0.5) is 17.1 Å². The summed E-state index contributed by atoms with van der Waals surface area (Å²) in [6.45, 7) is 3.38. The number of hydrogen-bond donors (Lipinski definition) is 1. The molecule has 0 bridgehead atoms. The summed E-state index contributed by atoms with van der Waals surface area (Å²) in [6.07, 6.45) is 2.46. The topological polar surface area (TPSA) is 61.9 Å². The minimum Gasteiger partial charge on any atom is -0.372 e. The van der Waals surface area contributed by atoms with Gasteiger partial charge >= 0.3 is 0 Å². The Kier molecular flexibility index (Phi) is 5.07. The Labute approximate surface area is 158 Å². The minimum atomic E-state index is -0.141. The maximum atomic E-state index is 12.5. The third kappa shape index (κ3) is 3.95. The Balaban J connectivity index is 1.39. The van der Waals surface area contributed by atoms with Crippen molar-refractivity contribution in [3.8, 4) is 0 Å². The maximum absolute atomic E-state index is 12.5. The fourth-order valence-electron chi connectivity index (χ4n) is 3.52. The van der Waals surface area contributed by atoms with Crippen LogP contribution in [-0.2, 0) is 9.53 Å². The first kappa shape index (κ1) is 17.5. The van der Waals surface area contributed by atoms with Crippen LogP contribution in [0.1, 0.15) is 23.2 Å². The molecule has 140 valence electrons. The van der Waals surface area contributed by atoms with E-state index >= 15 is 0 Å². The van der Waals surface area contributed by atoms with Gasteiger partial charge in [-0.05, 0) is 61.4 Å². The van der Waals surface area contributed by atoms with Gasteiger partial charge in [0, 0.05) is 42.3 Å². The molecular formula is C21H23N3O3. The molecule has 2 aromatic carbocycles. The largest absolute Gasteiger partial charge is 0.372 e. The van der Waals surface area contributed by atoms with Crippen molar-refractivity contribution in [3.05, 3.63) is 54.1 Å². The van der Waals surface area contributed by atoms with E-state index in [1.165, 1.54) is 18.5 Å². The van der Waals surface area contributed by atoms with Gasteiger partial charge in [-0.2, -0.15) is 0 Å². The first-order valence-electron chi connectivity index (χ1n) is 9.35. The molecule has 0 spiro atoms. The number of benzene rings is 2. The summed E-state index contributed by atoms with van der Waals surface area (Å²) in [6, 6.07) is 15.1. The zero-order chi connectivity index (χ0) is 18.6. The van der Waals surface area contributed by atoms with Crippen LogP contribution >= 0.6 is 0 Å². The molecule has 0 atom stereocenters. The van der Waals surface area contributed by atoms with Crippen LogP contribution in [0.2, 0.25) is 0 Å². The van der Waals surface area contributed by atoms with Gasteiger partial charge in [-0.3, -0.25) is 9.59 Å². The standard InChI is InChI=1S/C21H23N3O3/c25-20-15-27-14-13-24(20)19-9-5-17(6-10-19)22-21(26)16-3-7-18(8-4-16)23-11-1-2-12-23/h3-10H,1-2,11-15H2,(H,22,26). The average Bonchev–Trinajstić information content (AvgIpc) is 3.24. The van der Waals surface area contributed by atoms with Gasteiger partial charge in [0.05, 0.1) is 6.61 Å². The van der Waals surface area contributed by atoms with E-state index in [1.807, 2.05) is 48.5 Å². The summed E-state index contributed by atoms with van der Waals surface area (Å²) in [5.74, 6) is -0.186. The number of nitrogens with zero attached hydrogens (tertiary/aromatic N) is 2. The average molecular weight is 365 g/mol. The summed E-state index contributed by atoms with van der Waals surface area (Å²) in [4.78, 5) is 28.4. The lowest BCUT2D eigenvalue weighted by Crippen LogP contribution is -2.41. The Morgan fingerprint density at radius 1 is 0.889 bits per heavy atom. The van der Waals surface area contributed by atoms with E-state index in [1.54, 1.807) is 4.90 Å². The van der Waals surface area contributed by atoms with Gasteiger partial charge in [-0.25, -0.2) is 0 Å². The third-order valence-electron chi connectivity index (χ3n) is 5.02. The number of anilines is 3. The molecule has 0 aromatic heterocycles. The Morgan fingerprint density at radius 3 is 2.22 bits per heavy atom. The van der Waals surface area contributed by atoms with Crippen LogP contribution in [0.15, 0.2) is 48.5 Å². The molecule has 2 aliphatic heterocycles. The van der Waals surface area contributed by atoms with Crippen LogP contribution in [0.25, 0.3) is 0 Å². The molecule has 4 rings (SSSR count). The van der Waals surface area contributed by atoms with E-state index in [0.29, 0.717) is 24.4 Å². The summed E-state index contributed by atoms with van der Waals surface area (Å²) >= 11 is 0. The van der Waals surface area contributed by atoms with Crippen molar-refractivity contribution in [3.63, 3.8) is 0 Å². The van der Waals surface area contributed by atoms with E-state index in [4.69, 9.17) is 4.74 Å². The van der Waals surface area contributed by atoms with Crippen molar-refractivity contribution < 1.29 is 14.3 Å². The lowest BCUT2D eigenvalue weighted by atomic mass is 10.1. The van der Waals surface area contributed by atoms with Gasteiger partial charge in [-0.15, -0.1) is 0 Å². The molecule has 0 unspecified atom stereocenters. The normalized spacial score (nSPS) is 17.3. The summed E-state index contributed by atoms with van der Waals surface area (Å²) in [7, 11) is 0. The fraction of sp³-hybridized carbons (Fsp3) is 0.333. The van der Waals surface area contributed by atoms with Crippen LogP contribution in [0.5, 0.6) is 0 Å². The zero-order valence-corrected chi connectivity index (χ0v) is 15.2. The fourth-order valence-corrected chi connectivity index (χ4v) is 3.52. The van der Waals surface area contributed by atoms with Gasteiger partial charge in [0.2, 0.25) is 0 Å². The predicted molar refractivity (Wildman–Crippen MR) is 105 cm³/mol. The van der Waals surface area contributed by atoms with Crippen LogP contribution in [0.3, 0.4) is 0 Å². The van der Waals surface area contributed by atoms with Crippen LogP contribution in [0, 0.1) is 0 Å². The number of morpholine rings is 1. The van der Waals surface area contributed by atoms with E-state index in [9.17, 15) is 9.59 Å². The van der Waals surface area contributed by atoms with E-state index in [-0.39, 0.29) is 18.4 Å². The molecule has 2 fully saturated rings. The smallest absolute Gasteiger partial charge is 0.255 e. The van der Waals surface area contributed by atoms with Gasteiger partial charge < -0.3 is 19.9 Å². The molecular weight excluding hydrogens is 342 g/mol. The summed E-state index contributed by atoms with van der Waals surface area (Å²) in [5, 5.41) is 2.91. The summed E-state index contributed by atoms with van der Waals surface area (Å²) in [5.41, 5.74) is 3.32. The van der Waals surface area contributed by atoms with Gasteiger partial charge in [0.25, 0.3) is 11.8 Å². The molecule has 1 N–H and O–H groups in total.